The number of hydrogen-bond acceptors (Lipinski definition) is 6. The van der Waals surface area contributed by atoms with Gasteiger partial charge < -0.3 is 24.2 Å². The van der Waals surface area contributed by atoms with Crippen molar-refractivity contribution >= 4 is 11.6 Å². The van der Waals surface area contributed by atoms with Crippen LogP contribution in [0.15, 0.2) is 36.4 Å². The second-order valence-electron chi connectivity index (χ2n) is 7.70. The summed E-state index contributed by atoms with van der Waals surface area (Å²) in [6.45, 7) is 1.82. The van der Waals surface area contributed by atoms with E-state index in [0.717, 1.165) is 40.3 Å². The molecule has 0 radical (unpaired) electrons. The van der Waals surface area contributed by atoms with E-state index in [9.17, 15) is 9.90 Å². The minimum Gasteiger partial charge on any atom is -0.493 e. The highest BCUT2D eigenvalue weighted by Crippen LogP contribution is 2.53. The lowest BCUT2D eigenvalue weighted by atomic mass is 9.76. The van der Waals surface area contributed by atoms with Crippen LogP contribution in [0.25, 0.3) is 0 Å². The monoisotopic (exact) mass is 380 g/mol. The number of fused-ring (bicyclic) bond motifs is 5. The molecule has 3 atom stereocenters. The second-order valence-corrected chi connectivity index (χ2v) is 7.70. The first-order chi connectivity index (χ1) is 13.7. The topological polar surface area (TPSA) is 80.3 Å². The Kier molecular flexibility index (Phi) is 3.33. The lowest BCUT2D eigenvalue weighted by Gasteiger charge is -2.24. The molecule has 2 N–H and O–H groups in total. The summed E-state index contributed by atoms with van der Waals surface area (Å²) in [6, 6.07) is 11.9. The summed E-state index contributed by atoms with van der Waals surface area (Å²) >= 11 is 0. The molecular formula is C21H20N2O5. The summed E-state index contributed by atoms with van der Waals surface area (Å²) in [5.74, 6) is 1.57. The number of ether oxygens (including phenoxy) is 3. The van der Waals surface area contributed by atoms with Crippen LogP contribution in [0, 0.1) is 0 Å². The average molecular weight is 380 g/mol. The van der Waals surface area contributed by atoms with Crippen molar-refractivity contribution in [1.82, 2.24) is 5.32 Å². The van der Waals surface area contributed by atoms with Gasteiger partial charge in [-0.3, -0.25) is 10.1 Å². The van der Waals surface area contributed by atoms with Gasteiger partial charge in [-0.2, -0.15) is 0 Å². The predicted octanol–water partition coefficient (Wildman–Crippen LogP) is 0.911. The first-order valence-electron chi connectivity index (χ1n) is 9.58. The normalized spacial score (nSPS) is 29.6. The third-order valence-electron chi connectivity index (χ3n) is 6.19. The van der Waals surface area contributed by atoms with Crippen molar-refractivity contribution in [3.8, 4) is 11.5 Å². The summed E-state index contributed by atoms with van der Waals surface area (Å²) < 4.78 is 17.2. The molecule has 2 aromatic carbocycles. The fourth-order valence-corrected chi connectivity index (χ4v) is 4.85. The number of para-hydroxylation sites is 1. The zero-order chi connectivity index (χ0) is 18.9. The largest absolute Gasteiger partial charge is 0.493 e. The average Bonchev–Trinajstić information content (AvgIpc) is 3.45. The van der Waals surface area contributed by atoms with Gasteiger partial charge in [-0.15, -0.1) is 0 Å². The standard InChI is InChI=1S/C21H20N2O5/c24-19-21(11-27-18-8-17-12(5-6-26-17)7-15(18)21)14-3-1-2-4-16(14)23(19)10-13-9-22-20(25)28-13/h1-4,7-8,13,20,22,25H,5-6,9-11H2. The molecule has 28 heavy (non-hydrogen) atoms. The van der Waals surface area contributed by atoms with Crippen LogP contribution in [0.3, 0.4) is 0 Å². The molecule has 1 amide bonds. The molecular weight excluding hydrogens is 360 g/mol. The number of hydrogen-bond donors (Lipinski definition) is 2. The summed E-state index contributed by atoms with van der Waals surface area (Å²) in [5.41, 5.74) is 3.05. The van der Waals surface area contributed by atoms with Gasteiger partial charge in [0.2, 0.25) is 12.3 Å². The van der Waals surface area contributed by atoms with Crippen LogP contribution in [0.1, 0.15) is 16.7 Å². The molecule has 1 spiro atoms. The molecule has 0 saturated carbocycles. The number of nitrogens with zero attached hydrogens (tertiary/aromatic N) is 1. The first kappa shape index (κ1) is 16.4. The van der Waals surface area contributed by atoms with Crippen LogP contribution in [-0.2, 0) is 21.4 Å². The first-order valence-corrected chi connectivity index (χ1v) is 9.58. The number of carbonyl (C=O) groups excluding carboxylic acids is 1. The Morgan fingerprint density at radius 2 is 2.07 bits per heavy atom. The van der Waals surface area contributed by atoms with E-state index in [1.165, 1.54) is 0 Å². The lowest BCUT2D eigenvalue weighted by molar-refractivity contribution is -0.124. The van der Waals surface area contributed by atoms with Crippen molar-refractivity contribution in [3.63, 3.8) is 0 Å². The number of nitrogens with one attached hydrogen (secondary N) is 1. The van der Waals surface area contributed by atoms with Gasteiger partial charge in [0.25, 0.3) is 0 Å². The lowest BCUT2D eigenvalue weighted by Crippen LogP contribution is -2.45. The van der Waals surface area contributed by atoms with Gasteiger partial charge in [-0.1, -0.05) is 18.2 Å². The van der Waals surface area contributed by atoms with Crippen molar-refractivity contribution in [2.75, 3.05) is 31.2 Å². The maximum Gasteiger partial charge on any atom is 0.245 e. The Labute approximate surface area is 161 Å². The molecule has 0 aromatic heterocycles. The van der Waals surface area contributed by atoms with Crippen LogP contribution < -0.4 is 19.7 Å². The van der Waals surface area contributed by atoms with Gasteiger partial charge in [0, 0.05) is 30.3 Å². The Bertz CT molecular complexity index is 993. The fourth-order valence-electron chi connectivity index (χ4n) is 4.85. The Morgan fingerprint density at radius 3 is 2.93 bits per heavy atom. The summed E-state index contributed by atoms with van der Waals surface area (Å²) in [5, 5.41) is 12.4. The van der Waals surface area contributed by atoms with Gasteiger partial charge in [-0.25, -0.2) is 0 Å². The third kappa shape index (κ3) is 2.06. The molecule has 0 aliphatic carbocycles. The Hall–Kier alpha value is -2.61. The molecule has 0 bridgehead atoms. The Balaban J connectivity index is 1.46. The van der Waals surface area contributed by atoms with Crippen LogP contribution in [0.4, 0.5) is 5.69 Å². The number of aliphatic hydroxyl groups excluding tert-OH is 1. The molecule has 2 aromatic rings. The molecule has 4 aliphatic heterocycles. The van der Waals surface area contributed by atoms with Crippen LogP contribution in [0.2, 0.25) is 0 Å². The van der Waals surface area contributed by atoms with Gasteiger partial charge in [0.15, 0.2) is 0 Å². The quantitative estimate of drug-likeness (QED) is 0.806. The fraction of sp³-hybridized carbons (Fsp3) is 0.381. The molecule has 4 aliphatic rings. The number of carbonyl (C=O) groups is 1. The zero-order valence-electron chi connectivity index (χ0n) is 15.2. The summed E-state index contributed by atoms with van der Waals surface area (Å²) in [6.07, 6.45) is -0.403. The van der Waals surface area contributed by atoms with Crippen molar-refractivity contribution < 1.29 is 24.1 Å². The van der Waals surface area contributed by atoms with Crippen molar-refractivity contribution in [2.45, 2.75) is 24.4 Å². The molecule has 7 heteroatoms. The molecule has 3 unspecified atom stereocenters. The van der Waals surface area contributed by atoms with Crippen molar-refractivity contribution in [1.29, 1.82) is 0 Å². The van der Waals surface area contributed by atoms with Gasteiger partial charge >= 0.3 is 0 Å². The molecule has 4 heterocycles. The van der Waals surface area contributed by atoms with Gasteiger partial charge in [0.1, 0.15) is 23.5 Å². The van der Waals surface area contributed by atoms with E-state index < -0.39 is 11.8 Å². The number of rotatable bonds is 2. The second kappa shape index (κ2) is 5.70. The van der Waals surface area contributed by atoms with Gasteiger partial charge in [0.05, 0.1) is 19.3 Å². The predicted molar refractivity (Wildman–Crippen MR) is 99.6 cm³/mol. The number of benzene rings is 2. The minimum absolute atomic E-state index is 0.00342. The van der Waals surface area contributed by atoms with E-state index in [1.807, 2.05) is 30.3 Å². The molecule has 1 fully saturated rings. The van der Waals surface area contributed by atoms with Crippen LogP contribution in [-0.4, -0.2) is 49.8 Å². The van der Waals surface area contributed by atoms with Gasteiger partial charge in [-0.05, 0) is 23.3 Å². The molecule has 6 rings (SSSR count). The van der Waals surface area contributed by atoms with E-state index in [4.69, 9.17) is 14.2 Å². The van der Waals surface area contributed by atoms with Crippen molar-refractivity contribution in [2.24, 2.45) is 0 Å². The highest BCUT2D eigenvalue weighted by atomic mass is 16.6. The van der Waals surface area contributed by atoms with E-state index in [2.05, 4.69) is 11.4 Å². The highest BCUT2D eigenvalue weighted by molar-refractivity contribution is 6.11. The zero-order valence-corrected chi connectivity index (χ0v) is 15.2. The number of aliphatic hydroxyl groups is 1. The smallest absolute Gasteiger partial charge is 0.245 e. The van der Waals surface area contributed by atoms with E-state index >= 15 is 0 Å². The van der Waals surface area contributed by atoms with E-state index in [1.54, 1.807) is 4.90 Å². The minimum atomic E-state index is -0.981. The van der Waals surface area contributed by atoms with Crippen LogP contribution >= 0.6 is 0 Å². The SMILES string of the molecule is O=C1N(CC2CNC(O)O2)c2ccccc2C12COc1cc3c(cc12)CCO3. The summed E-state index contributed by atoms with van der Waals surface area (Å²) in [4.78, 5) is 15.6. The Morgan fingerprint density at radius 1 is 1.18 bits per heavy atom. The molecule has 7 nitrogen and oxygen atoms in total. The maximum absolute atomic E-state index is 13.8. The summed E-state index contributed by atoms with van der Waals surface area (Å²) in [7, 11) is 0. The number of anilines is 1. The van der Waals surface area contributed by atoms with E-state index in [0.29, 0.717) is 19.7 Å². The molecule has 1 saturated heterocycles. The van der Waals surface area contributed by atoms with Crippen LogP contribution in [0.5, 0.6) is 11.5 Å². The van der Waals surface area contributed by atoms with Crippen molar-refractivity contribution in [3.05, 3.63) is 53.1 Å². The maximum atomic E-state index is 13.8. The number of amides is 1. The highest BCUT2D eigenvalue weighted by Gasteiger charge is 2.57. The van der Waals surface area contributed by atoms with E-state index in [-0.39, 0.29) is 18.6 Å². The molecule has 144 valence electrons. The third-order valence-corrected chi connectivity index (χ3v) is 6.19.